The molecule has 0 atom stereocenters. The second-order valence-corrected chi connectivity index (χ2v) is 5.40. The Kier molecular flexibility index (Phi) is 4.89. The minimum absolute atomic E-state index is 0.241. The van der Waals surface area contributed by atoms with Gasteiger partial charge >= 0.3 is 5.97 Å². The van der Waals surface area contributed by atoms with Gasteiger partial charge in [0.15, 0.2) is 0 Å². The van der Waals surface area contributed by atoms with E-state index in [0.717, 1.165) is 31.4 Å². The fraction of sp³-hybridized carbons (Fsp3) is 0.294. The van der Waals surface area contributed by atoms with Crippen molar-refractivity contribution in [3.8, 4) is 11.3 Å². The topological polar surface area (TPSA) is 51.7 Å². The van der Waals surface area contributed by atoms with Gasteiger partial charge in [0.05, 0.1) is 25.9 Å². The molecule has 2 heterocycles. The van der Waals surface area contributed by atoms with E-state index < -0.39 is 34.7 Å². The molecule has 0 saturated carbocycles. The van der Waals surface area contributed by atoms with Gasteiger partial charge in [-0.25, -0.2) is 22.9 Å². The van der Waals surface area contributed by atoms with Crippen LogP contribution >= 0.6 is 0 Å². The van der Waals surface area contributed by atoms with Gasteiger partial charge in [-0.3, -0.25) is 0 Å². The molecule has 0 spiro atoms. The molecule has 0 unspecified atom stereocenters. The number of morpholine rings is 1. The van der Waals surface area contributed by atoms with E-state index in [4.69, 9.17) is 4.74 Å². The summed E-state index contributed by atoms with van der Waals surface area (Å²) >= 11 is 0. The monoisotopic (exact) mass is 352 g/mol. The lowest BCUT2D eigenvalue weighted by Gasteiger charge is -2.29. The highest BCUT2D eigenvalue weighted by atomic mass is 19.1. The molecule has 0 aliphatic carbocycles. The summed E-state index contributed by atoms with van der Waals surface area (Å²) in [5.74, 6) is -3.69. The summed E-state index contributed by atoms with van der Waals surface area (Å²) < 4.78 is 52.8. The van der Waals surface area contributed by atoms with Crippen LogP contribution in [0.5, 0.6) is 0 Å². The van der Waals surface area contributed by atoms with Gasteiger partial charge in [-0.05, 0) is 24.3 Å². The smallest absolute Gasteiger partial charge is 0.356 e. The molecule has 1 aliphatic rings. The van der Waals surface area contributed by atoms with Gasteiger partial charge in [0, 0.05) is 18.8 Å². The van der Waals surface area contributed by atoms with Crippen LogP contribution in [0, 0.1) is 17.5 Å². The zero-order valence-electron chi connectivity index (χ0n) is 13.4. The summed E-state index contributed by atoms with van der Waals surface area (Å²) in [6.07, 6.45) is 0. The molecule has 3 rings (SSSR count). The highest BCUT2D eigenvalue weighted by Gasteiger charge is 2.22. The molecule has 2 aromatic rings. The van der Waals surface area contributed by atoms with Crippen LogP contribution in [-0.2, 0) is 9.47 Å². The maximum absolute atomic E-state index is 14.5. The summed E-state index contributed by atoms with van der Waals surface area (Å²) in [7, 11) is 1.13. The molecule has 1 aromatic carbocycles. The molecule has 1 fully saturated rings. The van der Waals surface area contributed by atoms with Crippen molar-refractivity contribution in [2.75, 3.05) is 38.3 Å². The molecule has 0 amide bonds. The van der Waals surface area contributed by atoms with Gasteiger partial charge in [-0.15, -0.1) is 0 Å². The minimum atomic E-state index is -0.963. The van der Waals surface area contributed by atoms with Crippen LogP contribution in [0.1, 0.15) is 10.5 Å². The SMILES string of the molecule is COC(=O)c1ccc(F)c(-c2c(F)cc(N3CCOCC3)cc2F)n1. The molecule has 132 valence electrons. The predicted octanol–water partition coefficient (Wildman–Crippen LogP) is 2.79. The van der Waals surface area contributed by atoms with Gasteiger partial charge in [0.1, 0.15) is 28.8 Å². The Morgan fingerprint density at radius 3 is 2.36 bits per heavy atom. The van der Waals surface area contributed by atoms with Crippen molar-refractivity contribution < 1.29 is 27.4 Å². The highest BCUT2D eigenvalue weighted by molar-refractivity contribution is 5.88. The van der Waals surface area contributed by atoms with Crippen LogP contribution in [-0.4, -0.2) is 44.4 Å². The third-order valence-corrected chi connectivity index (χ3v) is 3.88. The Morgan fingerprint density at radius 2 is 1.76 bits per heavy atom. The number of esters is 1. The molecule has 1 aromatic heterocycles. The van der Waals surface area contributed by atoms with E-state index in [2.05, 4.69) is 9.72 Å². The molecule has 25 heavy (non-hydrogen) atoms. The lowest BCUT2D eigenvalue weighted by Crippen LogP contribution is -2.36. The lowest BCUT2D eigenvalue weighted by molar-refractivity contribution is 0.0594. The molecule has 0 radical (unpaired) electrons. The number of methoxy groups -OCH3 is 1. The van der Waals surface area contributed by atoms with Crippen molar-refractivity contribution in [1.82, 2.24) is 4.98 Å². The first-order valence-electron chi connectivity index (χ1n) is 7.58. The second kappa shape index (κ2) is 7.10. The summed E-state index contributed by atoms with van der Waals surface area (Å²) in [4.78, 5) is 17.0. The van der Waals surface area contributed by atoms with Crippen LogP contribution in [0.3, 0.4) is 0 Å². The maximum Gasteiger partial charge on any atom is 0.356 e. The fourth-order valence-electron chi connectivity index (χ4n) is 2.63. The molecule has 5 nitrogen and oxygen atoms in total. The van der Waals surface area contributed by atoms with Crippen LogP contribution in [0.25, 0.3) is 11.3 Å². The zero-order chi connectivity index (χ0) is 18.0. The quantitative estimate of drug-likeness (QED) is 0.795. The molecule has 1 aliphatic heterocycles. The van der Waals surface area contributed by atoms with Gasteiger partial charge in [0.2, 0.25) is 0 Å². The number of carbonyl (C=O) groups is 1. The standard InChI is InChI=1S/C17H15F3N2O3/c1-24-17(23)14-3-2-11(18)16(21-14)15-12(19)8-10(9-13(15)20)22-4-6-25-7-5-22/h2-3,8-9H,4-7H2,1H3. The first-order chi connectivity index (χ1) is 12.0. The van der Waals surface area contributed by atoms with Crippen LogP contribution in [0.4, 0.5) is 18.9 Å². The largest absolute Gasteiger partial charge is 0.464 e. The second-order valence-electron chi connectivity index (χ2n) is 5.40. The summed E-state index contributed by atoms with van der Waals surface area (Å²) in [6, 6.07) is 4.25. The van der Waals surface area contributed by atoms with Crippen LogP contribution in [0.15, 0.2) is 24.3 Å². The van der Waals surface area contributed by atoms with Crippen molar-refractivity contribution in [2.45, 2.75) is 0 Å². The number of nitrogens with zero attached hydrogens (tertiary/aromatic N) is 2. The highest BCUT2D eigenvalue weighted by Crippen LogP contribution is 2.31. The number of carbonyl (C=O) groups excluding carboxylic acids is 1. The van der Waals surface area contributed by atoms with E-state index >= 15 is 0 Å². The van der Waals surface area contributed by atoms with E-state index in [1.165, 1.54) is 0 Å². The molecule has 0 bridgehead atoms. The van der Waals surface area contributed by atoms with E-state index in [1.807, 2.05) is 0 Å². The van der Waals surface area contributed by atoms with Crippen molar-refractivity contribution >= 4 is 11.7 Å². The van der Waals surface area contributed by atoms with E-state index in [1.54, 1.807) is 4.90 Å². The normalized spacial score (nSPS) is 14.5. The molecule has 1 saturated heterocycles. The maximum atomic E-state index is 14.5. The predicted molar refractivity (Wildman–Crippen MR) is 83.9 cm³/mol. The fourth-order valence-corrected chi connectivity index (χ4v) is 2.63. The zero-order valence-corrected chi connectivity index (χ0v) is 13.4. The van der Waals surface area contributed by atoms with E-state index in [-0.39, 0.29) is 5.69 Å². The number of halogens is 3. The van der Waals surface area contributed by atoms with Crippen molar-refractivity contribution in [1.29, 1.82) is 0 Å². The average Bonchev–Trinajstić information content (AvgIpc) is 2.62. The number of ether oxygens (including phenoxy) is 2. The summed E-state index contributed by atoms with van der Waals surface area (Å²) in [6.45, 7) is 1.93. The van der Waals surface area contributed by atoms with Crippen LogP contribution in [0.2, 0.25) is 0 Å². The van der Waals surface area contributed by atoms with Gasteiger partial charge in [0.25, 0.3) is 0 Å². The number of benzene rings is 1. The van der Waals surface area contributed by atoms with Crippen molar-refractivity contribution in [2.24, 2.45) is 0 Å². The van der Waals surface area contributed by atoms with Crippen molar-refractivity contribution in [3.63, 3.8) is 0 Å². The summed E-state index contributed by atoms with van der Waals surface area (Å²) in [5.41, 5.74) is -1.10. The number of hydrogen-bond acceptors (Lipinski definition) is 5. The Balaban J connectivity index is 2.04. The number of rotatable bonds is 3. The third kappa shape index (κ3) is 3.43. The number of aromatic nitrogens is 1. The number of hydrogen-bond donors (Lipinski definition) is 0. The van der Waals surface area contributed by atoms with E-state index in [0.29, 0.717) is 32.0 Å². The third-order valence-electron chi connectivity index (χ3n) is 3.88. The average molecular weight is 352 g/mol. The Labute approximate surface area is 142 Å². The first kappa shape index (κ1) is 17.2. The molecule has 8 heteroatoms. The molecular weight excluding hydrogens is 337 g/mol. The van der Waals surface area contributed by atoms with Gasteiger partial charge in [-0.2, -0.15) is 0 Å². The molecular formula is C17H15F3N2O3. The Bertz CT molecular complexity index is 785. The number of anilines is 1. The Morgan fingerprint density at radius 1 is 1.12 bits per heavy atom. The lowest BCUT2D eigenvalue weighted by atomic mass is 10.1. The molecule has 0 N–H and O–H groups in total. The minimum Gasteiger partial charge on any atom is -0.464 e. The Hall–Kier alpha value is -2.61. The van der Waals surface area contributed by atoms with Crippen LogP contribution < -0.4 is 4.90 Å². The van der Waals surface area contributed by atoms with Gasteiger partial charge in [-0.1, -0.05) is 0 Å². The van der Waals surface area contributed by atoms with Crippen molar-refractivity contribution in [3.05, 3.63) is 47.4 Å². The van der Waals surface area contributed by atoms with Gasteiger partial charge < -0.3 is 14.4 Å². The summed E-state index contributed by atoms with van der Waals surface area (Å²) in [5, 5.41) is 0. The van der Waals surface area contributed by atoms with E-state index in [9.17, 15) is 18.0 Å². The number of pyridine rings is 1. The first-order valence-corrected chi connectivity index (χ1v) is 7.58.